The monoisotopic (exact) mass is 260 g/mol. The van der Waals surface area contributed by atoms with Crippen LogP contribution in [-0.2, 0) is 4.79 Å². The summed E-state index contributed by atoms with van der Waals surface area (Å²) < 4.78 is 5.60. The van der Waals surface area contributed by atoms with Crippen molar-refractivity contribution >= 4 is 11.9 Å². The molecule has 0 saturated carbocycles. The van der Waals surface area contributed by atoms with Crippen LogP contribution in [0.1, 0.15) is 17.5 Å². The molecule has 0 spiro atoms. The van der Waals surface area contributed by atoms with Gasteiger partial charge in [-0.2, -0.15) is 10.1 Å². The third-order valence-corrected chi connectivity index (χ3v) is 2.81. The maximum Gasteiger partial charge on any atom is 0.230 e. The number of aromatic nitrogens is 3. The molecule has 1 heterocycles. The lowest BCUT2D eigenvalue weighted by Crippen LogP contribution is -2.16. The number of nitrogens with zero attached hydrogens (tertiary/aromatic N) is 2. The van der Waals surface area contributed by atoms with Gasteiger partial charge in [-0.1, -0.05) is 12.1 Å². The van der Waals surface area contributed by atoms with Gasteiger partial charge in [0.15, 0.2) is 0 Å². The molecule has 2 N–H and O–H groups in total. The number of H-pyrrole nitrogens is 1. The molecule has 0 aliphatic carbocycles. The topological polar surface area (TPSA) is 79.9 Å². The minimum atomic E-state index is -0.165. The number of aromatic amines is 1. The summed E-state index contributed by atoms with van der Waals surface area (Å²) in [6, 6.07) is 5.86. The molecule has 0 aliphatic rings. The smallest absolute Gasteiger partial charge is 0.230 e. The van der Waals surface area contributed by atoms with Gasteiger partial charge in [-0.25, -0.2) is 5.10 Å². The number of amides is 1. The zero-order valence-electron chi connectivity index (χ0n) is 10.9. The van der Waals surface area contributed by atoms with E-state index in [2.05, 4.69) is 20.5 Å². The molecule has 2 aromatic rings. The molecule has 6 nitrogen and oxygen atoms in total. The highest BCUT2D eigenvalue weighted by molar-refractivity contribution is 5.88. The standard InChI is InChI=1S/C13H16N4O2/c1-9-4-3-5-11(10(9)2)19-7-6-12(18)16-13-14-8-15-17-13/h3-5,8H,6-7H2,1-2H3,(H2,14,15,16,17,18). The quantitative estimate of drug-likeness (QED) is 0.859. The summed E-state index contributed by atoms with van der Waals surface area (Å²) in [6.07, 6.45) is 1.59. The zero-order valence-corrected chi connectivity index (χ0v) is 10.9. The Labute approximate surface area is 111 Å². The van der Waals surface area contributed by atoms with Crippen LogP contribution in [0, 0.1) is 13.8 Å². The van der Waals surface area contributed by atoms with Gasteiger partial charge >= 0.3 is 0 Å². The molecule has 0 saturated heterocycles. The molecule has 100 valence electrons. The van der Waals surface area contributed by atoms with Gasteiger partial charge in [-0.15, -0.1) is 0 Å². The minimum absolute atomic E-state index is 0.165. The van der Waals surface area contributed by atoms with E-state index in [-0.39, 0.29) is 12.3 Å². The lowest BCUT2D eigenvalue weighted by Gasteiger charge is -2.10. The first-order valence-electron chi connectivity index (χ1n) is 6.01. The van der Waals surface area contributed by atoms with Gasteiger partial charge in [0, 0.05) is 0 Å². The summed E-state index contributed by atoms with van der Waals surface area (Å²) in [4.78, 5) is 15.4. The van der Waals surface area contributed by atoms with E-state index in [1.54, 1.807) is 0 Å². The molecule has 1 amide bonds. The van der Waals surface area contributed by atoms with Crippen molar-refractivity contribution in [1.82, 2.24) is 15.2 Å². The minimum Gasteiger partial charge on any atom is -0.493 e. The van der Waals surface area contributed by atoms with Crippen LogP contribution in [0.15, 0.2) is 24.5 Å². The summed E-state index contributed by atoms with van der Waals surface area (Å²) in [6.45, 7) is 4.35. The zero-order chi connectivity index (χ0) is 13.7. The number of aryl methyl sites for hydroxylation is 1. The van der Waals surface area contributed by atoms with Gasteiger partial charge < -0.3 is 4.74 Å². The Bertz CT molecular complexity index is 552. The highest BCUT2D eigenvalue weighted by Crippen LogP contribution is 2.20. The Morgan fingerprint density at radius 2 is 2.26 bits per heavy atom. The maximum atomic E-state index is 11.6. The molecule has 0 radical (unpaired) electrons. The number of nitrogens with one attached hydrogen (secondary N) is 2. The molecular formula is C13H16N4O2. The fraction of sp³-hybridized carbons (Fsp3) is 0.308. The van der Waals surface area contributed by atoms with Crippen LogP contribution >= 0.6 is 0 Å². The fourth-order valence-corrected chi connectivity index (χ4v) is 1.59. The van der Waals surface area contributed by atoms with Crippen LogP contribution < -0.4 is 10.1 Å². The van der Waals surface area contributed by atoms with Gasteiger partial charge in [0.05, 0.1) is 13.0 Å². The van der Waals surface area contributed by atoms with E-state index >= 15 is 0 Å². The van der Waals surface area contributed by atoms with Crippen LogP contribution in [0.4, 0.5) is 5.95 Å². The van der Waals surface area contributed by atoms with Crippen LogP contribution in [0.5, 0.6) is 5.75 Å². The van der Waals surface area contributed by atoms with E-state index in [0.29, 0.717) is 12.6 Å². The van der Waals surface area contributed by atoms with E-state index in [0.717, 1.165) is 11.3 Å². The van der Waals surface area contributed by atoms with Crippen molar-refractivity contribution in [2.75, 3.05) is 11.9 Å². The number of anilines is 1. The van der Waals surface area contributed by atoms with Crippen molar-refractivity contribution in [1.29, 1.82) is 0 Å². The molecule has 19 heavy (non-hydrogen) atoms. The molecule has 0 atom stereocenters. The lowest BCUT2D eigenvalue weighted by molar-refractivity contribution is -0.116. The number of carbonyl (C=O) groups is 1. The number of hydrogen-bond acceptors (Lipinski definition) is 4. The molecule has 6 heteroatoms. The SMILES string of the molecule is Cc1cccc(OCCC(=O)Nc2ncn[nH]2)c1C. The second-order valence-corrected chi connectivity index (χ2v) is 4.18. The second-order valence-electron chi connectivity index (χ2n) is 4.18. The normalized spacial score (nSPS) is 10.2. The number of benzene rings is 1. The summed E-state index contributed by atoms with van der Waals surface area (Å²) in [5.74, 6) is 0.992. The number of hydrogen-bond donors (Lipinski definition) is 2. The molecule has 1 aromatic heterocycles. The van der Waals surface area contributed by atoms with Crippen molar-refractivity contribution in [3.63, 3.8) is 0 Å². The maximum absolute atomic E-state index is 11.6. The molecule has 0 unspecified atom stereocenters. The van der Waals surface area contributed by atoms with Gasteiger partial charge in [0.2, 0.25) is 11.9 Å². The first kappa shape index (κ1) is 13.1. The van der Waals surface area contributed by atoms with Gasteiger partial charge in [-0.05, 0) is 31.0 Å². The molecular weight excluding hydrogens is 244 g/mol. The third-order valence-electron chi connectivity index (χ3n) is 2.81. The molecule has 0 fully saturated rings. The molecule has 0 aliphatic heterocycles. The highest BCUT2D eigenvalue weighted by Gasteiger charge is 2.06. The van der Waals surface area contributed by atoms with Crippen molar-refractivity contribution in [2.45, 2.75) is 20.3 Å². The largest absolute Gasteiger partial charge is 0.493 e. The first-order chi connectivity index (χ1) is 9.16. The Kier molecular flexibility index (Phi) is 4.12. The molecule has 0 bridgehead atoms. The Balaban J connectivity index is 1.80. The molecule has 1 aromatic carbocycles. The van der Waals surface area contributed by atoms with Crippen LogP contribution in [-0.4, -0.2) is 27.7 Å². The van der Waals surface area contributed by atoms with Crippen LogP contribution in [0.3, 0.4) is 0 Å². The van der Waals surface area contributed by atoms with E-state index in [9.17, 15) is 4.79 Å². The predicted octanol–water partition coefficient (Wildman–Crippen LogP) is 1.83. The summed E-state index contributed by atoms with van der Waals surface area (Å²) in [7, 11) is 0. The van der Waals surface area contributed by atoms with Crippen LogP contribution in [0.25, 0.3) is 0 Å². The molecule has 2 rings (SSSR count). The highest BCUT2D eigenvalue weighted by atomic mass is 16.5. The van der Waals surface area contributed by atoms with E-state index < -0.39 is 0 Å². The van der Waals surface area contributed by atoms with Crippen molar-refractivity contribution in [3.8, 4) is 5.75 Å². The van der Waals surface area contributed by atoms with Gasteiger partial charge in [0.1, 0.15) is 12.1 Å². The summed E-state index contributed by atoms with van der Waals surface area (Å²) >= 11 is 0. The van der Waals surface area contributed by atoms with Crippen molar-refractivity contribution in [2.24, 2.45) is 0 Å². The average molecular weight is 260 g/mol. The van der Waals surface area contributed by atoms with Gasteiger partial charge in [-0.3, -0.25) is 10.1 Å². The summed E-state index contributed by atoms with van der Waals surface area (Å²) in [5.41, 5.74) is 2.27. The van der Waals surface area contributed by atoms with Gasteiger partial charge in [0.25, 0.3) is 0 Å². The average Bonchev–Trinajstić information content (AvgIpc) is 2.87. The fourth-order valence-electron chi connectivity index (χ4n) is 1.59. The Morgan fingerprint density at radius 3 is 3.00 bits per heavy atom. The number of ether oxygens (including phenoxy) is 1. The Hall–Kier alpha value is -2.37. The van der Waals surface area contributed by atoms with Crippen LogP contribution in [0.2, 0.25) is 0 Å². The number of carbonyl (C=O) groups excluding carboxylic acids is 1. The lowest BCUT2D eigenvalue weighted by atomic mass is 10.1. The Morgan fingerprint density at radius 1 is 1.42 bits per heavy atom. The predicted molar refractivity (Wildman–Crippen MR) is 71.0 cm³/mol. The first-order valence-corrected chi connectivity index (χ1v) is 6.01. The third kappa shape index (κ3) is 3.54. The van der Waals surface area contributed by atoms with E-state index in [4.69, 9.17) is 4.74 Å². The number of rotatable bonds is 5. The van der Waals surface area contributed by atoms with Crippen molar-refractivity contribution < 1.29 is 9.53 Å². The second kappa shape index (κ2) is 5.99. The van der Waals surface area contributed by atoms with E-state index in [1.165, 1.54) is 11.9 Å². The van der Waals surface area contributed by atoms with E-state index in [1.807, 2.05) is 32.0 Å². The van der Waals surface area contributed by atoms with Crippen molar-refractivity contribution in [3.05, 3.63) is 35.7 Å². The summed E-state index contributed by atoms with van der Waals surface area (Å²) in [5, 5.41) is 8.79.